The second-order valence-corrected chi connectivity index (χ2v) is 4.38. The molecule has 1 rings (SSSR count). The summed E-state index contributed by atoms with van der Waals surface area (Å²) in [6.07, 6.45) is 5.26. The van der Waals surface area contributed by atoms with Gasteiger partial charge >= 0.3 is 0 Å². The molecule has 0 aliphatic heterocycles. The van der Waals surface area contributed by atoms with Crippen molar-refractivity contribution in [3.05, 3.63) is 0 Å². The Morgan fingerprint density at radius 1 is 1.27 bits per heavy atom. The van der Waals surface area contributed by atoms with Gasteiger partial charge < -0.3 is 4.90 Å². The second kappa shape index (κ2) is 4.32. The van der Waals surface area contributed by atoms with Gasteiger partial charge in [-0.15, -0.1) is 11.6 Å². The van der Waals surface area contributed by atoms with Crippen molar-refractivity contribution in [2.24, 2.45) is 5.92 Å². The van der Waals surface area contributed by atoms with Gasteiger partial charge in [0.1, 0.15) is 0 Å². The Morgan fingerprint density at radius 3 is 2.45 bits per heavy atom. The molecule has 0 heterocycles. The van der Waals surface area contributed by atoms with E-state index in [1.165, 1.54) is 25.7 Å². The first kappa shape index (κ1) is 9.34. The van der Waals surface area contributed by atoms with Crippen molar-refractivity contribution in [3.8, 4) is 0 Å². The number of nitrogens with zero attached hydrogens (tertiary/aromatic N) is 1. The average Bonchev–Trinajstić information content (AvgIpc) is 1.93. The second-order valence-electron chi connectivity index (χ2n) is 3.82. The summed E-state index contributed by atoms with van der Waals surface area (Å²) in [5, 5.41) is 0.436. The summed E-state index contributed by atoms with van der Waals surface area (Å²) in [5.74, 6) is 0.736. The predicted molar refractivity (Wildman–Crippen MR) is 50.2 cm³/mol. The zero-order valence-corrected chi connectivity index (χ0v) is 8.27. The molecule has 0 bridgehead atoms. The van der Waals surface area contributed by atoms with Crippen LogP contribution in [0.15, 0.2) is 0 Å². The van der Waals surface area contributed by atoms with Crippen LogP contribution in [-0.4, -0.2) is 30.9 Å². The molecule has 66 valence electrons. The van der Waals surface area contributed by atoms with Gasteiger partial charge in [0.2, 0.25) is 0 Å². The van der Waals surface area contributed by atoms with Crippen LogP contribution in [0.25, 0.3) is 0 Å². The monoisotopic (exact) mass is 175 g/mol. The molecule has 0 aromatic heterocycles. The molecule has 0 amide bonds. The highest BCUT2D eigenvalue weighted by molar-refractivity contribution is 6.20. The molecule has 0 spiro atoms. The molecule has 1 aliphatic rings. The van der Waals surface area contributed by atoms with Crippen LogP contribution in [0, 0.1) is 5.92 Å². The first-order valence-corrected chi connectivity index (χ1v) is 4.92. The van der Waals surface area contributed by atoms with Gasteiger partial charge in [0, 0.05) is 11.9 Å². The van der Waals surface area contributed by atoms with Crippen molar-refractivity contribution in [1.82, 2.24) is 4.90 Å². The van der Waals surface area contributed by atoms with Crippen molar-refractivity contribution >= 4 is 11.6 Å². The van der Waals surface area contributed by atoms with Gasteiger partial charge in [-0.1, -0.05) is 12.8 Å². The lowest BCUT2D eigenvalue weighted by atomic mass is 9.88. The molecule has 2 heteroatoms. The van der Waals surface area contributed by atoms with Crippen molar-refractivity contribution < 1.29 is 0 Å². The number of hydrogen-bond acceptors (Lipinski definition) is 1. The summed E-state index contributed by atoms with van der Waals surface area (Å²) in [5.41, 5.74) is 0. The molecule has 0 aromatic rings. The van der Waals surface area contributed by atoms with E-state index in [4.69, 9.17) is 11.6 Å². The zero-order chi connectivity index (χ0) is 8.27. The Morgan fingerprint density at radius 2 is 1.91 bits per heavy atom. The SMILES string of the molecule is CN(C)CC1CCCCC1Cl. The summed E-state index contributed by atoms with van der Waals surface area (Å²) in [6, 6.07) is 0. The lowest BCUT2D eigenvalue weighted by Gasteiger charge is -2.29. The summed E-state index contributed by atoms with van der Waals surface area (Å²) in [4.78, 5) is 2.24. The quantitative estimate of drug-likeness (QED) is 0.583. The molecule has 0 N–H and O–H groups in total. The van der Waals surface area contributed by atoms with Crippen LogP contribution in [0.1, 0.15) is 25.7 Å². The van der Waals surface area contributed by atoms with Crippen LogP contribution in [0.5, 0.6) is 0 Å². The summed E-state index contributed by atoms with van der Waals surface area (Å²) >= 11 is 6.20. The molecular formula is C9H18ClN. The van der Waals surface area contributed by atoms with E-state index in [0.717, 1.165) is 12.5 Å². The van der Waals surface area contributed by atoms with Gasteiger partial charge in [-0.25, -0.2) is 0 Å². The maximum atomic E-state index is 6.20. The van der Waals surface area contributed by atoms with Crippen LogP contribution >= 0.6 is 11.6 Å². The van der Waals surface area contributed by atoms with Crippen molar-refractivity contribution in [2.45, 2.75) is 31.1 Å². The van der Waals surface area contributed by atoms with Crippen molar-refractivity contribution in [1.29, 1.82) is 0 Å². The topological polar surface area (TPSA) is 3.24 Å². The summed E-state index contributed by atoms with van der Waals surface area (Å²) in [6.45, 7) is 1.16. The van der Waals surface area contributed by atoms with E-state index in [9.17, 15) is 0 Å². The van der Waals surface area contributed by atoms with Crippen LogP contribution in [0.3, 0.4) is 0 Å². The molecule has 11 heavy (non-hydrogen) atoms. The average molecular weight is 176 g/mol. The Hall–Kier alpha value is 0.250. The lowest BCUT2D eigenvalue weighted by Crippen LogP contribution is -2.30. The Balaban J connectivity index is 2.29. The highest BCUT2D eigenvalue weighted by Crippen LogP contribution is 2.28. The molecule has 1 saturated carbocycles. The fourth-order valence-electron chi connectivity index (χ4n) is 1.84. The maximum Gasteiger partial charge on any atom is 0.0376 e. The number of rotatable bonds is 2. The Kier molecular flexibility index (Phi) is 3.67. The fourth-order valence-corrected chi connectivity index (χ4v) is 2.20. The molecule has 0 aromatic carbocycles. The van der Waals surface area contributed by atoms with Gasteiger partial charge in [0.15, 0.2) is 0 Å². The molecule has 2 atom stereocenters. The first-order valence-electron chi connectivity index (χ1n) is 4.49. The van der Waals surface area contributed by atoms with Gasteiger partial charge in [-0.3, -0.25) is 0 Å². The third-order valence-electron chi connectivity index (χ3n) is 2.42. The van der Waals surface area contributed by atoms with Crippen LogP contribution in [0.4, 0.5) is 0 Å². The largest absolute Gasteiger partial charge is 0.309 e. The fraction of sp³-hybridized carbons (Fsp3) is 1.00. The third-order valence-corrected chi connectivity index (χ3v) is 2.99. The molecule has 1 aliphatic carbocycles. The molecule has 0 radical (unpaired) electrons. The number of halogens is 1. The van der Waals surface area contributed by atoms with E-state index in [1.54, 1.807) is 0 Å². The van der Waals surface area contributed by atoms with E-state index in [-0.39, 0.29) is 0 Å². The van der Waals surface area contributed by atoms with Crippen LogP contribution < -0.4 is 0 Å². The highest BCUT2D eigenvalue weighted by atomic mass is 35.5. The molecule has 2 unspecified atom stereocenters. The standard InChI is InChI=1S/C9H18ClN/c1-11(2)7-8-5-3-4-6-9(8)10/h8-9H,3-7H2,1-2H3. The number of alkyl halides is 1. The minimum absolute atomic E-state index is 0.436. The van der Waals surface area contributed by atoms with E-state index < -0.39 is 0 Å². The lowest BCUT2D eigenvalue weighted by molar-refractivity contribution is 0.268. The predicted octanol–water partition coefficient (Wildman–Crippen LogP) is 2.35. The van der Waals surface area contributed by atoms with E-state index in [2.05, 4.69) is 19.0 Å². The van der Waals surface area contributed by atoms with Gasteiger partial charge in [-0.2, -0.15) is 0 Å². The minimum atomic E-state index is 0.436. The molecule has 1 nitrogen and oxygen atoms in total. The smallest absolute Gasteiger partial charge is 0.0376 e. The maximum absolute atomic E-state index is 6.20. The molecular weight excluding hydrogens is 158 g/mol. The number of hydrogen-bond donors (Lipinski definition) is 0. The Bertz CT molecular complexity index is 114. The van der Waals surface area contributed by atoms with Crippen LogP contribution in [0.2, 0.25) is 0 Å². The van der Waals surface area contributed by atoms with Crippen LogP contribution in [-0.2, 0) is 0 Å². The highest BCUT2D eigenvalue weighted by Gasteiger charge is 2.22. The normalized spacial score (nSPS) is 32.7. The molecule has 0 saturated heterocycles. The first-order chi connectivity index (χ1) is 5.20. The Labute approximate surface area is 74.7 Å². The molecule has 1 fully saturated rings. The van der Waals surface area contributed by atoms with E-state index in [0.29, 0.717) is 5.38 Å². The summed E-state index contributed by atoms with van der Waals surface area (Å²) < 4.78 is 0. The van der Waals surface area contributed by atoms with Crippen molar-refractivity contribution in [2.75, 3.05) is 20.6 Å². The third kappa shape index (κ3) is 3.00. The van der Waals surface area contributed by atoms with Crippen molar-refractivity contribution in [3.63, 3.8) is 0 Å². The minimum Gasteiger partial charge on any atom is -0.309 e. The van der Waals surface area contributed by atoms with E-state index >= 15 is 0 Å². The summed E-state index contributed by atoms with van der Waals surface area (Å²) in [7, 11) is 4.25. The van der Waals surface area contributed by atoms with Gasteiger partial charge in [0.25, 0.3) is 0 Å². The zero-order valence-electron chi connectivity index (χ0n) is 7.52. The van der Waals surface area contributed by atoms with Gasteiger partial charge in [-0.05, 0) is 32.9 Å². The van der Waals surface area contributed by atoms with E-state index in [1.807, 2.05) is 0 Å². The van der Waals surface area contributed by atoms with Gasteiger partial charge in [0.05, 0.1) is 0 Å².